The van der Waals surface area contributed by atoms with Gasteiger partial charge in [0.1, 0.15) is 17.3 Å². The van der Waals surface area contributed by atoms with E-state index in [0.29, 0.717) is 48.7 Å². The number of carbonyl (C=O) groups excluding carboxylic acids is 2. The molecule has 0 unspecified atom stereocenters. The molecule has 2 N–H and O–H groups in total. The van der Waals surface area contributed by atoms with Crippen molar-refractivity contribution >= 4 is 27.6 Å². The smallest absolute Gasteiger partial charge is 0.412 e. The zero-order valence-electron chi connectivity index (χ0n) is 19.5. The Morgan fingerprint density at radius 2 is 1.66 bits per heavy atom. The van der Waals surface area contributed by atoms with E-state index in [1.807, 2.05) is 0 Å². The van der Waals surface area contributed by atoms with Crippen LogP contribution in [0.25, 0.3) is 0 Å². The molecule has 0 fully saturated rings. The van der Waals surface area contributed by atoms with Gasteiger partial charge in [-0.05, 0) is 67.4 Å². The highest BCUT2D eigenvalue weighted by Gasteiger charge is 2.17. The molecule has 0 saturated heterocycles. The van der Waals surface area contributed by atoms with Crippen molar-refractivity contribution in [1.82, 2.24) is 10.3 Å². The van der Waals surface area contributed by atoms with E-state index in [9.17, 15) is 18.0 Å². The Kier molecular flexibility index (Phi) is 8.80. The van der Waals surface area contributed by atoms with Crippen LogP contribution in [0.5, 0.6) is 11.5 Å². The summed E-state index contributed by atoms with van der Waals surface area (Å²) in [5.41, 5.74) is 1.76. The Bertz CT molecular complexity index is 1260. The number of Topliss-reactive ketones (excluding diaryl/α,β-unsaturated/α-hetero) is 1. The van der Waals surface area contributed by atoms with Crippen LogP contribution in [0, 0.1) is 0 Å². The fourth-order valence-corrected chi connectivity index (χ4v) is 4.26. The Labute approximate surface area is 204 Å². The summed E-state index contributed by atoms with van der Waals surface area (Å²) in [5.74, 6) is 0.989. The van der Waals surface area contributed by atoms with E-state index in [1.165, 1.54) is 26.2 Å². The van der Waals surface area contributed by atoms with E-state index in [1.54, 1.807) is 54.7 Å². The number of anilines is 1. The minimum absolute atomic E-state index is 0.0698. The van der Waals surface area contributed by atoms with Crippen molar-refractivity contribution in [3.05, 3.63) is 78.1 Å². The molecular weight excluding hydrogens is 470 g/mol. The number of pyridine rings is 1. The van der Waals surface area contributed by atoms with Gasteiger partial charge < -0.3 is 19.6 Å². The Morgan fingerprint density at radius 3 is 2.31 bits per heavy atom. The monoisotopic (exact) mass is 497 g/mol. The average molecular weight is 498 g/mol. The van der Waals surface area contributed by atoms with Gasteiger partial charge in [0.25, 0.3) is 10.0 Å². The molecule has 0 aliphatic carbocycles. The van der Waals surface area contributed by atoms with E-state index < -0.39 is 16.1 Å². The molecular formula is C25H27N3O6S. The number of hydrogen-bond donors (Lipinski definition) is 2. The van der Waals surface area contributed by atoms with Crippen LogP contribution in [0.1, 0.15) is 31.0 Å². The molecule has 10 heteroatoms. The zero-order valence-corrected chi connectivity index (χ0v) is 20.3. The molecule has 0 aliphatic heterocycles. The van der Waals surface area contributed by atoms with E-state index >= 15 is 0 Å². The fourth-order valence-electron chi connectivity index (χ4n) is 3.17. The Hall–Kier alpha value is -3.92. The van der Waals surface area contributed by atoms with Crippen LogP contribution in [0.3, 0.4) is 0 Å². The quantitative estimate of drug-likeness (QED) is 0.385. The van der Waals surface area contributed by atoms with Gasteiger partial charge in [0, 0.05) is 25.6 Å². The van der Waals surface area contributed by atoms with Crippen molar-refractivity contribution in [2.24, 2.45) is 0 Å². The Morgan fingerprint density at radius 1 is 0.971 bits per heavy atom. The summed E-state index contributed by atoms with van der Waals surface area (Å²) in [7, 11) is -2.31. The third kappa shape index (κ3) is 7.82. The first-order chi connectivity index (χ1) is 16.8. The van der Waals surface area contributed by atoms with Gasteiger partial charge in [-0.2, -0.15) is 0 Å². The summed E-state index contributed by atoms with van der Waals surface area (Å²) in [6.07, 6.45) is 2.31. The third-order valence-electron chi connectivity index (χ3n) is 4.98. The molecule has 1 aromatic heterocycles. The van der Waals surface area contributed by atoms with Gasteiger partial charge in [0.15, 0.2) is 0 Å². The van der Waals surface area contributed by atoms with Gasteiger partial charge in [0.05, 0.1) is 23.4 Å². The van der Waals surface area contributed by atoms with Crippen LogP contribution in [0.4, 0.5) is 10.5 Å². The summed E-state index contributed by atoms with van der Waals surface area (Å²) in [5, 5.41) is 2.59. The molecule has 9 nitrogen and oxygen atoms in total. The SMILES string of the molecule is COc1ccc(S(=O)(=O)Nc2cccnc2Cc2ccc(OC(=O)NCCCC(C)=O)cc2)cc1. The van der Waals surface area contributed by atoms with Crippen molar-refractivity contribution in [2.75, 3.05) is 18.4 Å². The van der Waals surface area contributed by atoms with Gasteiger partial charge in [0.2, 0.25) is 0 Å². The number of methoxy groups -OCH3 is 1. The zero-order chi connectivity index (χ0) is 25.3. The number of ketones is 1. The number of sulfonamides is 1. The number of rotatable bonds is 11. The molecule has 0 aliphatic rings. The van der Waals surface area contributed by atoms with Gasteiger partial charge in [-0.15, -0.1) is 0 Å². The van der Waals surface area contributed by atoms with Gasteiger partial charge in [-0.1, -0.05) is 12.1 Å². The van der Waals surface area contributed by atoms with Crippen LogP contribution in [-0.4, -0.2) is 38.9 Å². The molecule has 1 amide bonds. The molecule has 0 bridgehead atoms. The first-order valence-electron chi connectivity index (χ1n) is 10.9. The topological polar surface area (TPSA) is 124 Å². The first-order valence-corrected chi connectivity index (χ1v) is 12.4. The second-order valence-electron chi connectivity index (χ2n) is 7.72. The van der Waals surface area contributed by atoms with Crippen LogP contribution in [0.15, 0.2) is 71.8 Å². The van der Waals surface area contributed by atoms with Gasteiger partial charge in [-0.3, -0.25) is 9.71 Å². The van der Waals surface area contributed by atoms with E-state index in [2.05, 4.69) is 15.0 Å². The van der Waals surface area contributed by atoms with E-state index in [0.717, 1.165) is 5.56 Å². The van der Waals surface area contributed by atoms with E-state index in [4.69, 9.17) is 9.47 Å². The highest BCUT2D eigenvalue weighted by Crippen LogP contribution is 2.23. The highest BCUT2D eigenvalue weighted by molar-refractivity contribution is 7.92. The molecule has 35 heavy (non-hydrogen) atoms. The molecule has 0 atom stereocenters. The minimum atomic E-state index is -3.82. The lowest BCUT2D eigenvalue weighted by Gasteiger charge is -2.12. The van der Waals surface area contributed by atoms with Gasteiger partial charge >= 0.3 is 6.09 Å². The van der Waals surface area contributed by atoms with Crippen molar-refractivity contribution in [3.63, 3.8) is 0 Å². The maximum atomic E-state index is 12.8. The number of amides is 1. The normalized spacial score (nSPS) is 10.9. The summed E-state index contributed by atoms with van der Waals surface area (Å²) < 4.78 is 38.6. The fraction of sp³-hybridized carbons (Fsp3) is 0.240. The molecule has 0 radical (unpaired) electrons. The maximum Gasteiger partial charge on any atom is 0.412 e. The summed E-state index contributed by atoms with van der Waals surface area (Å²) in [4.78, 5) is 27.2. The number of benzene rings is 2. The largest absolute Gasteiger partial charge is 0.497 e. The predicted octanol–water partition coefficient (Wildman–Crippen LogP) is 3.94. The van der Waals surface area contributed by atoms with Crippen LogP contribution in [0.2, 0.25) is 0 Å². The molecule has 0 saturated carbocycles. The maximum absolute atomic E-state index is 12.8. The average Bonchev–Trinajstić information content (AvgIpc) is 2.84. The lowest BCUT2D eigenvalue weighted by Crippen LogP contribution is -2.27. The standard InChI is InChI=1S/C25H27N3O6S/c1-18(29)5-3-16-27-25(30)34-21-9-7-19(8-10-21)17-24-23(6-4-15-26-24)28-35(31,32)22-13-11-20(33-2)12-14-22/h4,6-15,28H,3,5,16-17H2,1-2H3,(H,27,30). The van der Waals surface area contributed by atoms with E-state index in [-0.39, 0.29) is 10.7 Å². The predicted molar refractivity (Wildman–Crippen MR) is 131 cm³/mol. The lowest BCUT2D eigenvalue weighted by atomic mass is 10.1. The highest BCUT2D eigenvalue weighted by atomic mass is 32.2. The van der Waals surface area contributed by atoms with Crippen molar-refractivity contribution in [3.8, 4) is 11.5 Å². The third-order valence-corrected chi connectivity index (χ3v) is 6.37. The molecule has 0 spiro atoms. The van der Waals surface area contributed by atoms with Crippen molar-refractivity contribution in [1.29, 1.82) is 0 Å². The number of ether oxygens (including phenoxy) is 2. The molecule has 3 aromatic rings. The Balaban J connectivity index is 1.63. The molecule has 1 heterocycles. The minimum Gasteiger partial charge on any atom is -0.497 e. The van der Waals surface area contributed by atoms with Crippen LogP contribution < -0.4 is 19.5 Å². The van der Waals surface area contributed by atoms with Crippen LogP contribution >= 0.6 is 0 Å². The lowest BCUT2D eigenvalue weighted by molar-refractivity contribution is -0.117. The number of nitrogens with zero attached hydrogens (tertiary/aromatic N) is 1. The summed E-state index contributed by atoms with van der Waals surface area (Å²) >= 11 is 0. The van der Waals surface area contributed by atoms with Gasteiger partial charge in [-0.25, -0.2) is 13.2 Å². The number of nitrogens with one attached hydrogen (secondary N) is 2. The number of carbonyl (C=O) groups is 2. The second kappa shape index (κ2) is 12.0. The summed E-state index contributed by atoms with van der Waals surface area (Å²) in [6.45, 7) is 1.86. The second-order valence-corrected chi connectivity index (χ2v) is 9.40. The number of aromatic nitrogens is 1. The molecule has 184 valence electrons. The number of hydrogen-bond acceptors (Lipinski definition) is 7. The van der Waals surface area contributed by atoms with Crippen LogP contribution in [-0.2, 0) is 21.2 Å². The summed E-state index contributed by atoms with van der Waals surface area (Å²) in [6, 6.07) is 16.2. The molecule has 3 rings (SSSR count). The van der Waals surface area contributed by atoms with Crippen molar-refractivity contribution in [2.45, 2.75) is 31.1 Å². The molecule has 2 aromatic carbocycles. The first kappa shape index (κ1) is 25.7. The van der Waals surface area contributed by atoms with Crippen molar-refractivity contribution < 1.29 is 27.5 Å².